The molecule has 3 N–H and O–H groups in total. The van der Waals surface area contributed by atoms with Crippen LogP contribution in [0.25, 0.3) is 0 Å². The van der Waals surface area contributed by atoms with Crippen molar-refractivity contribution in [2.45, 2.75) is 39.2 Å². The molecule has 1 amide bonds. The van der Waals surface area contributed by atoms with Gasteiger partial charge in [0.15, 0.2) is 0 Å². The number of ether oxygens (including phenoxy) is 1. The fourth-order valence-electron chi connectivity index (χ4n) is 2.08. The molecule has 1 heterocycles. The average Bonchev–Trinajstić information content (AvgIpc) is 2.49. The zero-order chi connectivity index (χ0) is 14.8. The van der Waals surface area contributed by atoms with Crippen LogP contribution in [0.3, 0.4) is 0 Å². The number of carbonyl (C=O) groups is 1. The molecule has 1 atom stereocenters. The molecule has 0 aliphatic rings. The van der Waals surface area contributed by atoms with Crippen molar-refractivity contribution in [2.75, 3.05) is 13.7 Å². The first-order valence-electron chi connectivity index (χ1n) is 7.15. The number of nitrogens with zero attached hydrogens (tertiary/aromatic N) is 1. The molecule has 0 aliphatic heterocycles. The second kappa shape index (κ2) is 9.31. The van der Waals surface area contributed by atoms with E-state index in [1.54, 1.807) is 13.3 Å². The molecule has 0 bridgehead atoms. The number of rotatable bonds is 9. The minimum Gasteiger partial charge on any atom is -0.481 e. The van der Waals surface area contributed by atoms with E-state index in [9.17, 15) is 4.79 Å². The summed E-state index contributed by atoms with van der Waals surface area (Å²) >= 11 is 0. The molecule has 1 rings (SSSR count). The molecule has 20 heavy (non-hydrogen) atoms. The fourth-order valence-corrected chi connectivity index (χ4v) is 2.08. The lowest BCUT2D eigenvalue weighted by Gasteiger charge is -2.13. The Hall–Kier alpha value is -1.62. The molecule has 0 saturated heterocycles. The lowest BCUT2D eigenvalue weighted by molar-refractivity contribution is -0.121. The first kappa shape index (κ1) is 16.4. The first-order valence-corrected chi connectivity index (χ1v) is 7.15. The molecule has 0 aromatic carbocycles. The van der Waals surface area contributed by atoms with E-state index in [4.69, 9.17) is 10.5 Å². The van der Waals surface area contributed by atoms with Crippen LogP contribution in [0, 0.1) is 5.92 Å². The Morgan fingerprint density at radius 1 is 1.50 bits per heavy atom. The Labute approximate surface area is 120 Å². The second-order valence-electron chi connectivity index (χ2n) is 4.87. The summed E-state index contributed by atoms with van der Waals surface area (Å²) in [5.74, 6) is 1.19. The van der Waals surface area contributed by atoms with Gasteiger partial charge in [-0.1, -0.05) is 13.3 Å². The molecule has 1 aromatic heterocycles. The average molecular weight is 279 g/mol. The first-order chi connectivity index (χ1) is 9.69. The summed E-state index contributed by atoms with van der Waals surface area (Å²) in [5, 5.41) is 2.92. The van der Waals surface area contributed by atoms with Gasteiger partial charge in [-0.25, -0.2) is 4.98 Å². The lowest BCUT2D eigenvalue weighted by atomic mass is 9.96. The Morgan fingerprint density at radius 3 is 2.95 bits per heavy atom. The zero-order valence-electron chi connectivity index (χ0n) is 12.4. The van der Waals surface area contributed by atoms with Crippen LogP contribution in [-0.4, -0.2) is 24.5 Å². The molecule has 5 nitrogen and oxygen atoms in total. The molecule has 0 aliphatic carbocycles. The van der Waals surface area contributed by atoms with Crippen LogP contribution in [-0.2, 0) is 11.3 Å². The molecule has 5 heteroatoms. The Kier molecular flexibility index (Phi) is 7.65. The molecule has 1 unspecified atom stereocenters. The van der Waals surface area contributed by atoms with E-state index in [1.807, 2.05) is 12.1 Å². The maximum atomic E-state index is 11.8. The topological polar surface area (TPSA) is 77.2 Å². The van der Waals surface area contributed by atoms with Crippen LogP contribution in [0.2, 0.25) is 0 Å². The summed E-state index contributed by atoms with van der Waals surface area (Å²) in [6, 6.07) is 3.69. The highest BCUT2D eigenvalue weighted by molar-refractivity contribution is 5.75. The van der Waals surface area contributed by atoms with Gasteiger partial charge in [-0.3, -0.25) is 4.79 Å². The zero-order valence-corrected chi connectivity index (χ0v) is 12.4. The number of hydrogen-bond donors (Lipinski definition) is 2. The summed E-state index contributed by atoms with van der Waals surface area (Å²) in [4.78, 5) is 15.8. The van der Waals surface area contributed by atoms with Crippen LogP contribution < -0.4 is 15.8 Å². The Morgan fingerprint density at radius 2 is 2.30 bits per heavy atom. The van der Waals surface area contributed by atoms with Crippen LogP contribution >= 0.6 is 0 Å². The molecule has 0 fully saturated rings. The summed E-state index contributed by atoms with van der Waals surface area (Å²) in [6.45, 7) is 3.34. The standard InChI is InChI=1S/C15H25N3O2/c1-3-12(6-8-16)4-5-14(19)18-11-13-7-9-17-15(10-13)20-2/h7,9-10,12H,3-6,8,11,16H2,1-2H3,(H,18,19). The summed E-state index contributed by atoms with van der Waals surface area (Å²) < 4.78 is 5.05. The van der Waals surface area contributed by atoms with Crippen molar-refractivity contribution in [2.24, 2.45) is 11.7 Å². The lowest BCUT2D eigenvalue weighted by Crippen LogP contribution is -2.23. The van der Waals surface area contributed by atoms with Crippen molar-refractivity contribution in [1.82, 2.24) is 10.3 Å². The van der Waals surface area contributed by atoms with Crippen molar-refractivity contribution in [3.8, 4) is 5.88 Å². The number of aromatic nitrogens is 1. The summed E-state index contributed by atoms with van der Waals surface area (Å²) in [6.07, 6.45) is 5.20. The quantitative estimate of drug-likeness (QED) is 0.723. The summed E-state index contributed by atoms with van der Waals surface area (Å²) in [5.41, 5.74) is 6.54. The highest BCUT2D eigenvalue weighted by Crippen LogP contribution is 2.14. The number of methoxy groups -OCH3 is 1. The van der Waals surface area contributed by atoms with Gasteiger partial charge in [0, 0.05) is 25.2 Å². The van der Waals surface area contributed by atoms with Gasteiger partial charge >= 0.3 is 0 Å². The smallest absolute Gasteiger partial charge is 0.220 e. The Balaban J connectivity index is 2.32. The third-order valence-corrected chi connectivity index (χ3v) is 3.43. The SMILES string of the molecule is CCC(CCN)CCC(=O)NCc1ccnc(OC)c1. The number of pyridine rings is 1. The molecule has 0 saturated carbocycles. The number of nitrogens with one attached hydrogen (secondary N) is 1. The second-order valence-corrected chi connectivity index (χ2v) is 4.87. The van der Waals surface area contributed by atoms with Gasteiger partial charge in [0.05, 0.1) is 7.11 Å². The van der Waals surface area contributed by atoms with Gasteiger partial charge in [-0.2, -0.15) is 0 Å². The van der Waals surface area contributed by atoms with Gasteiger partial charge in [-0.05, 0) is 36.9 Å². The van der Waals surface area contributed by atoms with Crippen molar-refractivity contribution in [3.63, 3.8) is 0 Å². The summed E-state index contributed by atoms with van der Waals surface area (Å²) in [7, 11) is 1.58. The molecule has 1 aromatic rings. The van der Waals surface area contributed by atoms with Crippen molar-refractivity contribution >= 4 is 5.91 Å². The maximum Gasteiger partial charge on any atom is 0.220 e. The monoisotopic (exact) mass is 279 g/mol. The van der Waals surface area contributed by atoms with Gasteiger partial charge in [0.1, 0.15) is 0 Å². The van der Waals surface area contributed by atoms with E-state index in [1.165, 1.54) is 0 Å². The van der Waals surface area contributed by atoms with Crippen molar-refractivity contribution < 1.29 is 9.53 Å². The van der Waals surface area contributed by atoms with Gasteiger partial charge in [0.2, 0.25) is 11.8 Å². The fraction of sp³-hybridized carbons (Fsp3) is 0.600. The molecule has 0 radical (unpaired) electrons. The van der Waals surface area contributed by atoms with Gasteiger partial charge in [0.25, 0.3) is 0 Å². The van der Waals surface area contributed by atoms with E-state index in [2.05, 4.69) is 17.2 Å². The number of amides is 1. The van der Waals surface area contributed by atoms with E-state index in [0.717, 1.165) is 24.8 Å². The van der Waals surface area contributed by atoms with Crippen LogP contribution in [0.5, 0.6) is 5.88 Å². The van der Waals surface area contributed by atoms with Crippen LogP contribution in [0.1, 0.15) is 38.2 Å². The van der Waals surface area contributed by atoms with E-state index >= 15 is 0 Å². The van der Waals surface area contributed by atoms with Gasteiger partial charge < -0.3 is 15.8 Å². The predicted molar refractivity (Wildman–Crippen MR) is 79.3 cm³/mol. The molecule has 0 spiro atoms. The maximum absolute atomic E-state index is 11.8. The minimum absolute atomic E-state index is 0.0799. The minimum atomic E-state index is 0.0799. The molecule has 112 valence electrons. The highest BCUT2D eigenvalue weighted by atomic mass is 16.5. The molecular weight excluding hydrogens is 254 g/mol. The third kappa shape index (κ3) is 6.02. The molecular formula is C15H25N3O2. The predicted octanol–water partition coefficient (Wildman–Crippen LogP) is 1.86. The van der Waals surface area contributed by atoms with E-state index in [-0.39, 0.29) is 5.91 Å². The number of carbonyl (C=O) groups excluding carboxylic acids is 1. The Bertz CT molecular complexity index is 410. The number of hydrogen-bond acceptors (Lipinski definition) is 4. The number of nitrogens with two attached hydrogens (primary N) is 1. The van der Waals surface area contributed by atoms with E-state index in [0.29, 0.717) is 31.3 Å². The van der Waals surface area contributed by atoms with E-state index < -0.39 is 0 Å². The third-order valence-electron chi connectivity index (χ3n) is 3.43. The van der Waals surface area contributed by atoms with Crippen LogP contribution in [0.4, 0.5) is 0 Å². The largest absolute Gasteiger partial charge is 0.481 e. The van der Waals surface area contributed by atoms with Crippen LogP contribution in [0.15, 0.2) is 18.3 Å². The van der Waals surface area contributed by atoms with Gasteiger partial charge in [-0.15, -0.1) is 0 Å². The highest BCUT2D eigenvalue weighted by Gasteiger charge is 2.09. The van der Waals surface area contributed by atoms with Crippen molar-refractivity contribution in [3.05, 3.63) is 23.9 Å². The normalized spacial score (nSPS) is 11.9. The van der Waals surface area contributed by atoms with Crippen molar-refractivity contribution in [1.29, 1.82) is 0 Å².